The van der Waals surface area contributed by atoms with E-state index >= 15 is 0 Å². The smallest absolute Gasteiger partial charge is 0.275 e. The number of anilines is 1. The third-order valence-corrected chi connectivity index (χ3v) is 2.57. The van der Waals surface area contributed by atoms with Crippen molar-refractivity contribution in [1.29, 1.82) is 0 Å². The number of hydrogen-bond donors (Lipinski definition) is 2. The number of aromatic nitrogens is 4. The molecule has 2 heterocycles. The summed E-state index contributed by atoms with van der Waals surface area (Å²) in [5.41, 5.74) is 0.758. The monoisotopic (exact) mass is 257 g/mol. The summed E-state index contributed by atoms with van der Waals surface area (Å²) in [6.07, 6.45) is 5.70. The molecule has 2 aromatic heterocycles. The molecule has 0 radical (unpaired) electrons. The van der Waals surface area contributed by atoms with E-state index in [-0.39, 0.29) is 11.4 Å². The summed E-state index contributed by atoms with van der Waals surface area (Å²) in [6.45, 7) is 0. The van der Waals surface area contributed by atoms with Crippen LogP contribution in [0.4, 0.5) is 10.1 Å². The van der Waals surface area contributed by atoms with Crippen molar-refractivity contribution >= 4 is 22.5 Å². The number of aromatic amines is 1. The minimum absolute atomic E-state index is 0.0737. The maximum absolute atomic E-state index is 13.8. The lowest BCUT2D eigenvalue weighted by atomic mass is 10.2. The lowest BCUT2D eigenvalue weighted by molar-refractivity contribution is 0.102. The average Bonchev–Trinajstić information content (AvgIpc) is 2.87. The van der Waals surface area contributed by atoms with E-state index in [4.69, 9.17) is 0 Å². The maximum atomic E-state index is 13.8. The fourth-order valence-corrected chi connectivity index (χ4v) is 1.66. The lowest BCUT2D eigenvalue weighted by Gasteiger charge is -2.05. The van der Waals surface area contributed by atoms with Gasteiger partial charge in [0.2, 0.25) is 0 Å². The predicted octanol–water partition coefficient (Wildman–Crippen LogP) is 1.74. The molecule has 0 saturated carbocycles. The van der Waals surface area contributed by atoms with Crippen LogP contribution in [0.1, 0.15) is 10.5 Å². The predicted molar refractivity (Wildman–Crippen MR) is 66.0 cm³/mol. The molecule has 0 atom stereocenters. The molecule has 19 heavy (non-hydrogen) atoms. The Bertz CT molecular complexity index is 740. The molecule has 3 rings (SSSR count). The summed E-state index contributed by atoms with van der Waals surface area (Å²) >= 11 is 0. The van der Waals surface area contributed by atoms with Gasteiger partial charge in [-0.05, 0) is 6.07 Å². The summed E-state index contributed by atoms with van der Waals surface area (Å²) in [5, 5.41) is 9.60. The second-order valence-corrected chi connectivity index (χ2v) is 3.83. The van der Waals surface area contributed by atoms with Gasteiger partial charge in [-0.15, -0.1) is 0 Å². The summed E-state index contributed by atoms with van der Waals surface area (Å²) in [6, 6.07) is 2.77. The Morgan fingerprint density at radius 3 is 2.95 bits per heavy atom. The van der Waals surface area contributed by atoms with Gasteiger partial charge in [-0.2, -0.15) is 5.10 Å². The summed E-state index contributed by atoms with van der Waals surface area (Å²) in [7, 11) is 0. The number of halogens is 1. The molecule has 0 fully saturated rings. The van der Waals surface area contributed by atoms with Crippen LogP contribution >= 0.6 is 0 Å². The van der Waals surface area contributed by atoms with Crippen molar-refractivity contribution < 1.29 is 9.18 Å². The van der Waals surface area contributed by atoms with E-state index in [1.54, 1.807) is 6.20 Å². The summed E-state index contributed by atoms with van der Waals surface area (Å²) in [4.78, 5) is 19.5. The van der Waals surface area contributed by atoms with Crippen LogP contribution in [0.5, 0.6) is 0 Å². The van der Waals surface area contributed by atoms with E-state index in [2.05, 4.69) is 25.5 Å². The standard InChI is InChI=1S/C12H8FN5O/c13-8-4-9-7(5-16-18-9)3-10(8)17-12(19)11-6-14-1-2-15-11/h1-6H,(H,16,18)(H,17,19). The minimum atomic E-state index is -0.547. The fraction of sp³-hybridized carbons (Fsp3) is 0. The molecule has 2 N–H and O–H groups in total. The van der Waals surface area contributed by atoms with Gasteiger partial charge in [0, 0.05) is 23.8 Å². The first-order chi connectivity index (χ1) is 9.24. The summed E-state index contributed by atoms with van der Waals surface area (Å²) < 4.78 is 13.8. The van der Waals surface area contributed by atoms with Crippen molar-refractivity contribution in [3.05, 3.63) is 48.4 Å². The molecule has 3 aromatic rings. The number of nitrogens with one attached hydrogen (secondary N) is 2. The van der Waals surface area contributed by atoms with E-state index in [0.717, 1.165) is 0 Å². The number of amides is 1. The molecule has 94 valence electrons. The van der Waals surface area contributed by atoms with Gasteiger partial charge in [-0.25, -0.2) is 9.37 Å². The maximum Gasteiger partial charge on any atom is 0.275 e. The van der Waals surface area contributed by atoms with Crippen molar-refractivity contribution in [2.24, 2.45) is 0 Å². The minimum Gasteiger partial charge on any atom is -0.318 e. The van der Waals surface area contributed by atoms with Gasteiger partial charge >= 0.3 is 0 Å². The summed E-state index contributed by atoms with van der Waals surface area (Å²) in [5.74, 6) is -1.07. The van der Waals surface area contributed by atoms with Crippen molar-refractivity contribution in [2.45, 2.75) is 0 Å². The number of rotatable bonds is 2. The first-order valence-corrected chi connectivity index (χ1v) is 5.44. The Morgan fingerprint density at radius 1 is 1.26 bits per heavy atom. The Labute approximate surface area is 106 Å². The third-order valence-electron chi connectivity index (χ3n) is 2.57. The molecule has 0 spiro atoms. The first kappa shape index (κ1) is 11.3. The highest BCUT2D eigenvalue weighted by Crippen LogP contribution is 2.21. The van der Waals surface area contributed by atoms with Crippen LogP contribution in [0.2, 0.25) is 0 Å². The van der Waals surface area contributed by atoms with Crippen LogP contribution < -0.4 is 5.32 Å². The van der Waals surface area contributed by atoms with Crippen molar-refractivity contribution in [1.82, 2.24) is 20.2 Å². The molecule has 0 aliphatic carbocycles. The Balaban J connectivity index is 1.92. The zero-order valence-corrected chi connectivity index (χ0v) is 9.59. The van der Waals surface area contributed by atoms with Gasteiger partial charge in [0.1, 0.15) is 11.5 Å². The molecular formula is C12H8FN5O. The van der Waals surface area contributed by atoms with E-state index in [9.17, 15) is 9.18 Å². The molecule has 0 unspecified atom stereocenters. The first-order valence-electron chi connectivity index (χ1n) is 5.44. The Morgan fingerprint density at radius 2 is 2.16 bits per heavy atom. The highest BCUT2D eigenvalue weighted by molar-refractivity contribution is 6.03. The van der Waals surface area contributed by atoms with Gasteiger partial charge in [0.25, 0.3) is 5.91 Å². The number of fused-ring (bicyclic) bond motifs is 1. The van der Waals surface area contributed by atoms with Crippen molar-refractivity contribution in [3.63, 3.8) is 0 Å². The average molecular weight is 257 g/mol. The number of carbonyl (C=O) groups excluding carboxylic acids is 1. The largest absolute Gasteiger partial charge is 0.318 e. The third kappa shape index (κ3) is 2.13. The number of hydrogen-bond acceptors (Lipinski definition) is 4. The second kappa shape index (κ2) is 4.45. The zero-order valence-electron chi connectivity index (χ0n) is 9.59. The van der Waals surface area contributed by atoms with Crippen LogP contribution in [0, 0.1) is 5.82 Å². The Hall–Kier alpha value is -2.83. The fourth-order valence-electron chi connectivity index (χ4n) is 1.66. The van der Waals surface area contributed by atoms with Gasteiger partial charge in [-0.1, -0.05) is 0 Å². The molecule has 0 bridgehead atoms. The van der Waals surface area contributed by atoms with Gasteiger partial charge in [0.05, 0.1) is 23.6 Å². The molecule has 0 aliphatic rings. The van der Waals surface area contributed by atoms with Gasteiger partial charge < -0.3 is 5.32 Å². The van der Waals surface area contributed by atoms with E-state index in [0.29, 0.717) is 10.9 Å². The van der Waals surface area contributed by atoms with Crippen LogP contribution in [-0.2, 0) is 0 Å². The Kier molecular flexibility index (Phi) is 2.64. The van der Waals surface area contributed by atoms with Crippen LogP contribution in [-0.4, -0.2) is 26.1 Å². The van der Waals surface area contributed by atoms with Crippen LogP contribution in [0.25, 0.3) is 10.9 Å². The number of benzene rings is 1. The van der Waals surface area contributed by atoms with Gasteiger partial charge in [-0.3, -0.25) is 14.9 Å². The molecule has 0 saturated heterocycles. The molecule has 1 aromatic carbocycles. The number of nitrogens with zero attached hydrogens (tertiary/aromatic N) is 3. The van der Waals surface area contributed by atoms with Crippen molar-refractivity contribution in [2.75, 3.05) is 5.32 Å². The molecule has 7 heteroatoms. The zero-order chi connectivity index (χ0) is 13.2. The van der Waals surface area contributed by atoms with E-state index < -0.39 is 11.7 Å². The van der Waals surface area contributed by atoms with Crippen LogP contribution in [0.3, 0.4) is 0 Å². The van der Waals surface area contributed by atoms with Gasteiger partial charge in [0.15, 0.2) is 0 Å². The van der Waals surface area contributed by atoms with E-state index in [1.807, 2.05) is 0 Å². The normalized spacial score (nSPS) is 10.6. The van der Waals surface area contributed by atoms with Crippen molar-refractivity contribution in [3.8, 4) is 0 Å². The van der Waals surface area contributed by atoms with Crippen LogP contribution in [0.15, 0.2) is 36.9 Å². The topological polar surface area (TPSA) is 83.6 Å². The SMILES string of the molecule is O=C(Nc1cc2cn[nH]c2cc1F)c1cnccn1. The molecule has 6 nitrogen and oxygen atoms in total. The highest BCUT2D eigenvalue weighted by atomic mass is 19.1. The molecule has 0 aliphatic heterocycles. The number of carbonyl (C=O) groups is 1. The quantitative estimate of drug-likeness (QED) is 0.732. The van der Waals surface area contributed by atoms with E-state index in [1.165, 1.54) is 30.7 Å². The number of H-pyrrole nitrogens is 1. The molecule has 1 amide bonds. The highest BCUT2D eigenvalue weighted by Gasteiger charge is 2.12. The second-order valence-electron chi connectivity index (χ2n) is 3.83. The lowest BCUT2D eigenvalue weighted by Crippen LogP contribution is -2.14. The molecular weight excluding hydrogens is 249 g/mol.